The molecule has 0 spiro atoms. The summed E-state index contributed by atoms with van der Waals surface area (Å²) in [7, 11) is 0. The van der Waals surface area contributed by atoms with Crippen LogP contribution in [0.2, 0.25) is 0 Å². The van der Waals surface area contributed by atoms with Gasteiger partial charge in [-0.15, -0.1) is 0 Å². The molecule has 0 bridgehead atoms. The van der Waals surface area contributed by atoms with Gasteiger partial charge >= 0.3 is 0 Å². The first-order valence-electron chi connectivity index (χ1n) is 12.4. The van der Waals surface area contributed by atoms with Gasteiger partial charge in [0.05, 0.1) is 0 Å². The van der Waals surface area contributed by atoms with Crippen LogP contribution in [0.5, 0.6) is 0 Å². The van der Waals surface area contributed by atoms with Crippen molar-refractivity contribution in [2.75, 3.05) is 47.8 Å². The summed E-state index contributed by atoms with van der Waals surface area (Å²) >= 11 is 0. The van der Waals surface area contributed by atoms with Gasteiger partial charge in [-0.25, -0.2) is 4.98 Å². The predicted molar refractivity (Wildman–Crippen MR) is 137 cm³/mol. The van der Waals surface area contributed by atoms with Crippen LogP contribution in [0.4, 0.5) is 17.2 Å². The molecule has 3 heterocycles. The summed E-state index contributed by atoms with van der Waals surface area (Å²) in [6.45, 7) is 10.6. The Hall–Kier alpha value is -3.02. The average Bonchev–Trinajstić information content (AvgIpc) is 2.88. The molecule has 4 rings (SSSR count). The van der Waals surface area contributed by atoms with Crippen molar-refractivity contribution in [1.82, 2.24) is 10.3 Å². The molecule has 1 amide bonds. The standard InChI is InChI=1S/C27H37N5O/c1-3-21-7-5-9-24(17-21)32-14-6-8-23(20-32)30-26-18-25(10-13-28-26)31-15-11-22(12-16-31)19-29-27(33)4-2/h4-5,7,9-10,13,17-18,22-23H,2-3,6,8,11-12,14-16,19-20H2,1H3,(H,28,30)(H,29,33). The zero-order chi connectivity index (χ0) is 23.0. The van der Waals surface area contributed by atoms with E-state index in [1.54, 1.807) is 0 Å². The molecule has 1 aromatic heterocycles. The molecule has 33 heavy (non-hydrogen) atoms. The summed E-state index contributed by atoms with van der Waals surface area (Å²) in [6.07, 6.45) is 8.84. The van der Waals surface area contributed by atoms with E-state index in [1.807, 2.05) is 6.20 Å². The number of hydrogen-bond acceptors (Lipinski definition) is 5. The van der Waals surface area contributed by atoms with Crippen LogP contribution in [0.25, 0.3) is 0 Å². The van der Waals surface area contributed by atoms with Crippen molar-refractivity contribution in [3.05, 3.63) is 60.8 Å². The number of hydrogen-bond donors (Lipinski definition) is 2. The van der Waals surface area contributed by atoms with Crippen molar-refractivity contribution in [2.45, 2.75) is 45.1 Å². The van der Waals surface area contributed by atoms with Gasteiger partial charge in [0, 0.05) is 62.4 Å². The largest absolute Gasteiger partial charge is 0.371 e. The Bertz CT molecular complexity index is 938. The van der Waals surface area contributed by atoms with Crippen LogP contribution in [0.3, 0.4) is 0 Å². The number of piperidine rings is 2. The molecule has 6 nitrogen and oxygen atoms in total. The molecule has 0 radical (unpaired) electrons. The quantitative estimate of drug-likeness (QED) is 0.593. The maximum absolute atomic E-state index is 11.4. The molecule has 2 fully saturated rings. The van der Waals surface area contributed by atoms with Crippen LogP contribution in [0.1, 0.15) is 38.2 Å². The minimum absolute atomic E-state index is 0.0818. The van der Waals surface area contributed by atoms with Crippen molar-refractivity contribution in [3.8, 4) is 0 Å². The van der Waals surface area contributed by atoms with Gasteiger partial charge in [-0.05, 0) is 67.9 Å². The van der Waals surface area contributed by atoms with E-state index >= 15 is 0 Å². The first-order valence-corrected chi connectivity index (χ1v) is 12.4. The molecule has 6 heteroatoms. The SMILES string of the molecule is C=CC(=O)NCC1CCN(c2ccnc(NC3CCCN(c4cccc(CC)c4)C3)c2)CC1. The molecule has 0 aliphatic carbocycles. The second kappa shape index (κ2) is 11.2. The fraction of sp³-hybridized carbons (Fsp3) is 0.481. The minimum Gasteiger partial charge on any atom is -0.371 e. The van der Waals surface area contributed by atoms with Crippen LogP contribution < -0.4 is 20.4 Å². The third-order valence-corrected chi connectivity index (χ3v) is 6.93. The highest BCUT2D eigenvalue weighted by molar-refractivity contribution is 5.86. The number of anilines is 3. The number of benzene rings is 1. The maximum atomic E-state index is 11.4. The lowest BCUT2D eigenvalue weighted by atomic mass is 9.96. The summed E-state index contributed by atoms with van der Waals surface area (Å²) in [5.41, 5.74) is 3.95. The van der Waals surface area contributed by atoms with E-state index in [4.69, 9.17) is 0 Å². The van der Waals surface area contributed by atoms with E-state index in [-0.39, 0.29) is 5.91 Å². The van der Waals surface area contributed by atoms with E-state index in [9.17, 15) is 4.79 Å². The summed E-state index contributed by atoms with van der Waals surface area (Å²) in [4.78, 5) is 21.0. The lowest BCUT2D eigenvalue weighted by molar-refractivity contribution is -0.116. The van der Waals surface area contributed by atoms with Gasteiger partial charge in [-0.1, -0.05) is 25.6 Å². The van der Waals surface area contributed by atoms with Gasteiger partial charge in [0.2, 0.25) is 5.91 Å². The minimum atomic E-state index is -0.0818. The number of aryl methyl sites for hydroxylation is 1. The molecule has 2 aromatic rings. The Morgan fingerprint density at radius 1 is 1.12 bits per heavy atom. The molecule has 176 valence electrons. The van der Waals surface area contributed by atoms with Crippen molar-refractivity contribution in [3.63, 3.8) is 0 Å². The number of nitrogens with one attached hydrogen (secondary N) is 2. The van der Waals surface area contributed by atoms with Crippen LogP contribution in [0.15, 0.2) is 55.3 Å². The van der Waals surface area contributed by atoms with Gasteiger partial charge in [-0.2, -0.15) is 0 Å². The predicted octanol–water partition coefficient (Wildman–Crippen LogP) is 4.24. The topological polar surface area (TPSA) is 60.5 Å². The average molecular weight is 448 g/mol. The molecule has 1 atom stereocenters. The Balaban J connectivity index is 1.32. The molecule has 0 saturated carbocycles. The number of amides is 1. The third kappa shape index (κ3) is 6.28. The van der Waals surface area contributed by atoms with Crippen molar-refractivity contribution < 1.29 is 4.79 Å². The summed E-state index contributed by atoms with van der Waals surface area (Å²) in [5, 5.41) is 6.63. The maximum Gasteiger partial charge on any atom is 0.243 e. The first kappa shape index (κ1) is 23.1. The lowest BCUT2D eigenvalue weighted by Gasteiger charge is -2.36. The van der Waals surface area contributed by atoms with Crippen molar-refractivity contribution in [2.24, 2.45) is 5.92 Å². The Morgan fingerprint density at radius 2 is 1.94 bits per heavy atom. The van der Waals surface area contributed by atoms with Gasteiger partial charge in [0.15, 0.2) is 0 Å². The Morgan fingerprint density at radius 3 is 2.73 bits per heavy atom. The summed E-state index contributed by atoms with van der Waals surface area (Å²) in [6, 6.07) is 13.6. The van der Waals surface area contributed by atoms with Gasteiger partial charge in [-0.3, -0.25) is 4.79 Å². The zero-order valence-electron chi connectivity index (χ0n) is 19.8. The number of pyridine rings is 1. The zero-order valence-corrected chi connectivity index (χ0v) is 19.8. The molecule has 2 aliphatic heterocycles. The first-order chi connectivity index (χ1) is 16.1. The second-order valence-electron chi connectivity index (χ2n) is 9.23. The Kier molecular flexibility index (Phi) is 7.87. The van der Waals surface area contributed by atoms with Gasteiger partial charge in [0.25, 0.3) is 0 Å². The number of aromatic nitrogens is 1. The van der Waals surface area contributed by atoms with E-state index in [2.05, 4.69) is 75.3 Å². The monoisotopic (exact) mass is 447 g/mol. The molecular formula is C27H37N5O. The van der Waals surface area contributed by atoms with Crippen LogP contribution in [-0.2, 0) is 11.2 Å². The smallest absolute Gasteiger partial charge is 0.243 e. The lowest BCUT2D eigenvalue weighted by Crippen LogP contribution is -2.42. The van der Waals surface area contributed by atoms with Gasteiger partial charge in [0.1, 0.15) is 5.82 Å². The molecule has 1 unspecified atom stereocenters. The Labute approximate surface area is 198 Å². The van der Waals surface area contributed by atoms with E-state index in [0.717, 1.165) is 64.2 Å². The van der Waals surface area contributed by atoms with E-state index in [0.29, 0.717) is 12.0 Å². The number of nitrogens with zero attached hydrogens (tertiary/aromatic N) is 3. The van der Waals surface area contributed by atoms with Crippen LogP contribution >= 0.6 is 0 Å². The number of carbonyl (C=O) groups excluding carboxylic acids is 1. The molecular weight excluding hydrogens is 410 g/mol. The molecule has 2 N–H and O–H groups in total. The van der Waals surface area contributed by atoms with Crippen molar-refractivity contribution >= 4 is 23.1 Å². The fourth-order valence-corrected chi connectivity index (χ4v) is 4.92. The summed E-state index contributed by atoms with van der Waals surface area (Å²) in [5.74, 6) is 1.41. The van der Waals surface area contributed by atoms with Crippen molar-refractivity contribution in [1.29, 1.82) is 0 Å². The van der Waals surface area contributed by atoms with Crippen LogP contribution in [-0.4, -0.2) is 49.7 Å². The van der Waals surface area contributed by atoms with E-state index in [1.165, 1.54) is 29.4 Å². The number of rotatable bonds is 8. The van der Waals surface area contributed by atoms with Crippen LogP contribution in [0, 0.1) is 5.92 Å². The van der Waals surface area contributed by atoms with E-state index < -0.39 is 0 Å². The second-order valence-corrected chi connectivity index (χ2v) is 9.23. The van der Waals surface area contributed by atoms with Gasteiger partial charge < -0.3 is 20.4 Å². The highest BCUT2D eigenvalue weighted by Gasteiger charge is 2.22. The molecule has 1 aromatic carbocycles. The normalized spacial score (nSPS) is 19.2. The summed E-state index contributed by atoms with van der Waals surface area (Å²) < 4.78 is 0. The number of carbonyl (C=O) groups is 1. The fourth-order valence-electron chi connectivity index (χ4n) is 4.92. The molecule has 2 aliphatic rings. The molecule has 2 saturated heterocycles. The highest BCUT2D eigenvalue weighted by Crippen LogP contribution is 2.26. The highest BCUT2D eigenvalue weighted by atomic mass is 16.1. The third-order valence-electron chi connectivity index (χ3n) is 6.93.